The number of hydrogen-bond donors (Lipinski definition) is 1. The van der Waals surface area contributed by atoms with Crippen molar-refractivity contribution in [1.82, 2.24) is 9.21 Å². The van der Waals surface area contributed by atoms with Gasteiger partial charge in [-0.05, 0) is 56.2 Å². The minimum Gasteiger partial charge on any atom is -0.486 e. The summed E-state index contributed by atoms with van der Waals surface area (Å²) in [4.78, 5) is 27.0. The van der Waals surface area contributed by atoms with Gasteiger partial charge in [-0.25, -0.2) is 8.42 Å². The molecular formula is C23H27N3O6S. The summed E-state index contributed by atoms with van der Waals surface area (Å²) in [5, 5.41) is 2.77. The van der Waals surface area contributed by atoms with Crippen LogP contribution in [0.15, 0.2) is 47.4 Å². The highest BCUT2D eigenvalue weighted by molar-refractivity contribution is 7.89. The Bertz CT molecular complexity index is 1130. The third kappa shape index (κ3) is 5.12. The van der Waals surface area contributed by atoms with Gasteiger partial charge in [-0.3, -0.25) is 9.59 Å². The maximum atomic E-state index is 12.9. The molecule has 9 nitrogen and oxygen atoms in total. The summed E-state index contributed by atoms with van der Waals surface area (Å²) in [7, 11) is -3.54. The molecule has 1 fully saturated rings. The van der Waals surface area contributed by atoms with E-state index in [1.807, 2.05) is 0 Å². The normalized spacial score (nSPS) is 15.8. The third-order valence-electron chi connectivity index (χ3n) is 5.63. The second-order valence-electron chi connectivity index (χ2n) is 7.86. The molecule has 0 unspecified atom stereocenters. The highest BCUT2D eigenvalue weighted by Gasteiger charge is 2.27. The van der Waals surface area contributed by atoms with E-state index in [1.165, 1.54) is 33.5 Å². The van der Waals surface area contributed by atoms with Crippen molar-refractivity contribution in [1.29, 1.82) is 0 Å². The number of sulfonamides is 1. The molecule has 0 saturated carbocycles. The van der Waals surface area contributed by atoms with Crippen LogP contribution in [0.5, 0.6) is 11.5 Å². The molecule has 2 aliphatic rings. The van der Waals surface area contributed by atoms with Crippen molar-refractivity contribution in [2.24, 2.45) is 0 Å². The summed E-state index contributed by atoms with van der Waals surface area (Å²) in [5.41, 5.74) is 0.869. The maximum absolute atomic E-state index is 12.9. The molecule has 176 valence electrons. The van der Waals surface area contributed by atoms with Crippen LogP contribution in [-0.2, 0) is 14.8 Å². The fourth-order valence-electron chi connectivity index (χ4n) is 3.85. The Kier molecular flexibility index (Phi) is 6.85. The number of rotatable bonds is 7. The first kappa shape index (κ1) is 23.1. The molecule has 2 aromatic carbocycles. The fourth-order valence-corrected chi connectivity index (χ4v) is 5.37. The Balaban J connectivity index is 1.40. The van der Waals surface area contributed by atoms with Gasteiger partial charge in [0.25, 0.3) is 5.91 Å². The highest BCUT2D eigenvalue weighted by Crippen LogP contribution is 2.32. The van der Waals surface area contributed by atoms with Gasteiger partial charge in [-0.15, -0.1) is 0 Å². The van der Waals surface area contributed by atoms with Gasteiger partial charge in [-0.1, -0.05) is 0 Å². The lowest BCUT2D eigenvalue weighted by molar-refractivity contribution is -0.116. The van der Waals surface area contributed by atoms with Crippen LogP contribution in [0.2, 0.25) is 0 Å². The average Bonchev–Trinajstić information content (AvgIpc) is 3.38. The Labute approximate surface area is 193 Å². The molecule has 4 rings (SSSR count). The molecule has 1 saturated heterocycles. The molecule has 0 aliphatic carbocycles. The number of ether oxygens (including phenoxy) is 2. The first-order chi connectivity index (χ1) is 15.9. The number of carbonyl (C=O) groups excluding carboxylic acids is 2. The van der Waals surface area contributed by atoms with E-state index in [4.69, 9.17) is 9.47 Å². The van der Waals surface area contributed by atoms with Gasteiger partial charge in [0.15, 0.2) is 11.5 Å². The van der Waals surface area contributed by atoms with Gasteiger partial charge in [0, 0.05) is 37.0 Å². The van der Waals surface area contributed by atoms with Gasteiger partial charge in [0.1, 0.15) is 19.8 Å². The van der Waals surface area contributed by atoms with Crippen molar-refractivity contribution in [3.05, 3.63) is 48.0 Å². The monoisotopic (exact) mass is 473 g/mol. The SMILES string of the molecule is CCN(CC(=O)Nc1ccc2c(c1)OCCO2)C(=O)c1ccc(S(=O)(=O)N2CCCC2)cc1. The Hall–Kier alpha value is -3.11. The van der Waals surface area contributed by atoms with E-state index in [1.54, 1.807) is 25.1 Å². The van der Waals surface area contributed by atoms with Crippen LogP contribution >= 0.6 is 0 Å². The molecule has 33 heavy (non-hydrogen) atoms. The first-order valence-corrected chi connectivity index (χ1v) is 12.4. The standard InChI is InChI=1S/C23H27N3O6S/c1-2-25(16-22(27)24-18-7-10-20-21(15-18)32-14-13-31-20)23(28)17-5-8-19(9-6-17)33(29,30)26-11-3-4-12-26/h5-10,15H,2-4,11-14,16H2,1H3,(H,24,27). The van der Waals surface area contributed by atoms with Crippen molar-refractivity contribution in [3.8, 4) is 11.5 Å². The Morgan fingerprint density at radius 1 is 1.00 bits per heavy atom. The molecule has 2 aliphatic heterocycles. The van der Waals surface area contributed by atoms with Crippen LogP contribution in [0.3, 0.4) is 0 Å². The van der Waals surface area contributed by atoms with E-state index >= 15 is 0 Å². The lowest BCUT2D eigenvalue weighted by atomic mass is 10.2. The second kappa shape index (κ2) is 9.80. The molecular weight excluding hydrogens is 446 g/mol. The van der Waals surface area contributed by atoms with Crippen LogP contribution in [0.4, 0.5) is 5.69 Å². The summed E-state index contributed by atoms with van der Waals surface area (Å²) in [6.45, 7) is 3.93. The van der Waals surface area contributed by atoms with Crippen LogP contribution in [-0.4, -0.2) is 68.8 Å². The van der Waals surface area contributed by atoms with Gasteiger partial charge >= 0.3 is 0 Å². The Morgan fingerprint density at radius 3 is 2.33 bits per heavy atom. The van der Waals surface area contributed by atoms with Crippen molar-refractivity contribution in [2.45, 2.75) is 24.7 Å². The van der Waals surface area contributed by atoms with Crippen LogP contribution < -0.4 is 14.8 Å². The number of likely N-dealkylation sites (N-methyl/N-ethyl adjacent to an activating group) is 1. The molecule has 0 bridgehead atoms. The molecule has 2 amide bonds. The molecule has 0 aromatic heterocycles. The number of anilines is 1. The lowest BCUT2D eigenvalue weighted by Gasteiger charge is -2.22. The smallest absolute Gasteiger partial charge is 0.254 e. The number of nitrogens with one attached hydrogen (secondary N) is 1. The molecule has 2 heterocycles. The summed E-state index contributed by atoms with van der Waals surface area (Å²) in [6.07, 6.45) is 1.71. The zero-order valence-electron chi connectivity index (χ0n) is 18.5. The topological polar surface area (TPSA) is 105 Å². The zero-order chi connectivity index (χ0) is 23.4. The van der Waals surface area contributed by atoms with E-state index in [2.05, 4.69) is 5.32 Å². The van der Waals surface area contributed by atoms with Crippen molar-refractivity contribution in [3.63, 3.8) is 0 Å². The van der Waals surface area contributed by atoms with Gasteiger partial charge in [0.05, 0.1) is 4.90 Å². The van der Waals surface area contributed by atoms with E-state index in [9.17, 15) is 18.0 Å². The Morgan fingerprint density at radius 2 is 1.67 bits per heavy atom. The molecule has 0 radical (unpaired) electrons. The highest BCUT2D eigenvalue weighted by atomic mass is 32.2. The van der Waals surface area contributed by atoms with E-state index in [-0.39, 0.29) is 23.3 Å². The number of hydrogen-bond acceptors (Lipinski definition) is 6. The van der Waals surface area contributed by atoms with Crippen molar-refractivity contribution >= 4 is 27.5 Å². The maximum Gasteiger partial charge on any atom is 0.254 e. The van der Waals surface area contributed by atoms with Gasteiger partial charge in [0.2, 0.25) is 15.9 Å². The van der Waals surface area contributed by atoms with Crippen LogP contribution in [0.1, 0.15) is 30.1 Å². The largest absolute Gasteiger partial charge is 0.486 e. The van der Waals surface area contributed by atoms with E-state index in [0.29, 0.717) is 55.6 Å². The van der Waals surface area contributed by atoms with Gasteiger partial charge < -0.3 is 19.7 Å². The molecule has 10 heteroatoms. The summed E-state index contributed by atoms with van der Waals surface area (Å²) in [6, 6.07) is 11.0. The molecule has 0 atom stereocenters. The van der Waals surface area contributed by atoms with E-state index in [0.717, 1.165) is 12.8 Å². The van der Waals surface area contributed by atoms with Crippen molar-refractivity contribution < 1.29 is 27.5 Å². The third-order valence-corrected chi connectivity index (χ3v) is 7.55. The first-order valence-electron chi connectivity index (χ1n) is 11.0. The average molecular weight is 474 g/mol. The predicted octanol–water partition coefficient (Wildman–Crippen LogP) is 2.34. The van der Waals surface area contributed by atoms with Crippen LogP contribution in [0, 0.1) is 0 Å². The fraction of sp³-hybridized carbons (Fsp3) is 0.391. The molecule has 1 N–H and O–H groups in total. The number of benzene rings is 2. The number of amides is 2. The summed E-state index contributed by atoms with van der Waals surface area (Å²) >= 11 is 0. The predicted molar refractivity (Wildman–Crippen MR) is 122 cm³/mol. The van der Waals surface area contributed by atoms with Crippen LogP contribution in [0.25, 0.3) is 0 Å². The van der Waals surface area contributed by atoms with Gasteiger partial charge in [-0.2, -0.15) is 4.31 Å². The molecule has 2 aromatic rings. The zero-order valence-corrected chi connectivity index (χ0v) is 19.3. The summed E-state index contributed by atoms with van der Waals surface area (Å²) in [5.74, 6) is 0.487. The minimum absolute atomic E-state index is 0.141. The number of carbonyl (C=O) groups is 2. The quantitative estimate of drug-likeness (QED) is 0.662. The van der Waals surface area contributed by atoms with E-state index < -0.39 is 10.0 Å². The number of nitrogens with zero attached hydrogens (tertiary/aromatic N) is 2. The molecule has 0 spiro atoms. The second-order valence-corrected chi connectivity index (χ2v) is 9.80. The lowest BCUT2D eigenvalue weighted by Crippen LogP contribution is -2.38. The van der Waals surface area contributed by atoms with Crippen molar-refractivity contribution in [2.75, 3.05) is 44.7 Å². The minimum atomic E-state index is -3.54. The number of fused-ring (bicyclic) bond motifs is 1. The summed E-state index contributed by atoms with van der Waals surface area (Å²) < 4.78 is 37.8.